The van der Waals surface area contributed by atoms with Crippen LogP contribution in [0.1, 0.15) is 65.9 Å². The number of aromatic nitrogens is 4. The highest BCUT2D eigenvalue weighted by atomic mass is 16.5. The zero-order valence-electron chi connectivity index (χ0n) is 23.4. The average molecular weight is 573 g/mol. The number of aryl methyl sites for hydroxylation is 1. The minimum atomic E-state index is -1.44. The van der Waals surface area contributed by atoms with E-state index in [2.05, 4.69) is 36.5 Å². The van der Waals surface area contributed by atoms with E-state index in [0.717, 1.165) is 28.7 Å². The van der Waals surface area contributed by atoms with Crippen molar-refractivity contribution in [2.24, 2.45) is 5.10 Å². The number of hydrazone groups is 1. The maximum Gasteiger partial charge on any atom is 0.357 e. The van der Waals surface area contributed by atoms with E-state index in [-0.39, 0.29) is 23.6 Å². The number of H-pyrrole nitrogens is 2. The second kappa shape index (κ2) is 11.8. The summed E-state index contributed by atoms with van der Waals surface area (Å²) in [6.07, 6.45) is 2.53. The second-order valence-corrected chi connectivity index (χ2v) is 10.4. The largest absolute Gasteiger partial charge is 0.456 e. The number of hydrazine groups is 2. The molecule has 0 aliphatic carbocycles. The van der Waals surface area contributed by atoms with E-state index in [9.17, 15) is 19.5 Å². The number of hydrogen-bond donors (Lipinski definition) is 6. The summed E-state index contributed by atoms with van der Waals surface area (Å²) < 4.78 is 7.26. The number of amidine groups is 1. The lowest BCUT2D eigenvalue weighted by Crippen LogP contribution is -2.35. The highest BCUT2D eigenvalue weighted by molar-refractivity contribution is 6.04. The molecule has 2 aromatic heterocycles. The van der Waals surface area contributed by atoms with Crippen LogP contribution in [0.15, 0.2) is 69.4 Å². The maximum absolute atomic E-state index is 13.5. The number of rotatable bonds is 10. The van der Waals surface area contributed by atoms with Crippen LogP contribution in [-0.2, 0) is 29.9 Å². The summed E-state index contributed by atoms with van der Waals surface area (Å²) in [6.45, 7) is 5.04. The van der Waals surface area contributed by atoms with Crippen molar-refractivity contribution in [2.45, 2.75) is 52.4 Å². The van der Waals surface area contributed by atoms with Gasteiger partial charge in [0.05, 0.1) is 5.56 Å². The van der Waals surface area contributed by atoms with Crippen LogP contribution >= 0.6 is 0 Å². The topological polar surface area (TPSA) is 179 Å². The highest BCUT2D eigenvalue weighted by Gasteiger charge is 2.32. The molecule has 0 unspecified atom stereocenters. The predicted octanol–water partition coefficient (Wildman–Crippen LogP) is 1.79. The highest BCUT2D eigenvalue weighted by Crippen LogP contribution is 2.28. The van der Waals surface area contributed by atoms with Crippen molar-refractivity contribution < 1.29 is 14.6 Å². The van der Waals surface area contributed by atoms with Crippen molar-refractivity contribution in [3.05, 3.63) is 109 Å². The van der Waals surface area contributed by atoms with Crippen LogP contribution in [-0.4, -0.2) is 36.4 Å². The number of ether oxygens (including phenoxy) is 1. The van der Waals surface area contributed by atoms with Crippen LogP contribution in [0.5, 0.6) is 0 Å². The Hall–Kier alpha value is -5.01. The van der Waals surface area contributed by atoms with Crippen LogP contribution in [0.25, 0.3) is 11.1 Å². The van der Waals surface area contributed by atoms with E-state index >= 15 is 0 Å². The van der Waals surface area contributed by atoms with Gasteiger partial charge in [0.25, 0.3) is 5.56 Å². The van der Waals surface area contributed by atoms with Gasteiger partial charge in [0.2, 0.25) is 0 Å². The molecule has 1 aliphatic rings. The number of hydrogen-bond acceptors (Lipinski definition) is 10. The fourth-order valence-corrected chi connectivity index (χ4v) is 4.71. The van der Waals surface area contributed by atoms with Gasteiger partial charge in [0.15, 0.2) is 11.5 Å². The molecule has 0 radical (unpaired) electrons. The van der Waals surface area contributed by atoms with Crippen LogP contribution in [0.2, 0.25) is 0 Å². The Kier molecular flexibility index (Phi) is 8.04. The summed E-state index contributed by atoms with van der Waals surface area (Å²) in [5, 5.41) is 15.1. The van der Waals surface area contributed by atoms with Crippen molar-refractivity contribution in [2.75, 3.05) is 0 Å². The summed E-state index contributed by atoms with van der Waals surface area (Å²) in [5.41, 5.74) is 9.82. The van der Waals surface area contributed by atoms with Crippen molar-refractivity contribution >= 4 is 11.8 Å². The Morgan fingerprint density at radius 1 is 1.07 bits per heavy atom. The van der Waals surface area contributed by atoms with Crippen molar-refractivity contribution in [3.8, 4) is 11.1 Å². The molecular weight excluding hydrogens is 540 g/mol. The third-order valence-electron chi connectivity index (χ3n) is 6.74. The first-order valence-electron chi connectivity index (χ1n) is 13.5. The van der Waals surface area contributed by atoms with E-state index < -0.39 is 22.8 Å². The third kappa shape index (κ3) is 6.01. The Balaban J connectivity index is 1.47. The molecule has 0 atom stereocenters. The number of carbonyl (C=O) groups excluding carboxylic acids is 1. The lowest BCUT2D eigenvalue weighted by atomic mass is 9.98. The van der Waals surface area contributed by atoms with E-state index in [1.807, 2.05) is 55.5 Å². The van der Waals surface area contributed by atoms with E-state index in [1.165, 1.54) is 6.20 Å². The molecule has 0 bridgehead atoms. The molecule has 0 saturated carbocycles. The van der Waals surface area contributed by atoms with Crippen LogP contribution in [0, 0.1) is 0 Å². The van der Waals surface area contributed by atoms with Gasteiger partial charge in [-0.05, 0) is 37.0 Å². The minimum absolute atomic E-state index is 0.0776. The molecule has 0 amide bonds. The fourth-order valence-electron chi connectivity index (χ4n) is 4.71. The van der Waals surface area contributed by atoms with Gasteiger partial charge in [0.1, 0.15) is 23.7 Å². The standard InChI is InChI=1S/C29H32N8O5/c1-4-7-22-31-24(29(2,3)41)23(27(39)42-16-19-14-30-28(40)32-26(19)38)37(22)15-17-10-12-18(13-11-17)20-8-5-6-9-21(20)25-33-35-36-34-25/h5-6,8-14,35-36,41H,4,7,15-16H2,1-3H3,(H,33,34)(H2,30,32,38,40). The number of aromatic amines is 2. The molecule has 4 aromatic rings. The number of nitrogens with one attached hydrogen (secondary N) is 5. The maximum atomic E-state index is 13.5. The predicted molar refractivity (Wildman–Crippen MR) is 155 cm³/mol. The van der Waals surface area contributed by atoms with E-state index in [0.29, 0.717) is 24.6 Å². The Bertz CT molecular complexity index is 1750. The number of benzene rings is 2. The Morgan fingerprint density at radius 2 is 1.81 bits per heavy atom. The molecule has 42 heavy (non-hydrogen) atoms. The third-order valence-corrected chi connectivity index (χ3v) is 6.74. The van der Waals surface area contributed by atoms with Crippen LogP contribution in [0.4, 0.5) is 0 Å². The quantitative estimate of drug-likeness (QED) is 0.155. The van der Waals surface area contributed by atoms with Crippen LogP contribution in [0.3, 0.4) is 0 Å². The summed E-state index contributed by atoms with van der Waals surface area (Å²) in [6, 6.07) is 15.8. The zero-order chi connectivity index (χ0) is 29.9. The summed E-state index contributed by atoms with van der Waals surface area (Å²) in [7, 11) is 0. The summed E-state index contributed by atoms with van der Waals surface area (Å²) in [4.78, 5) is 46.1. The lowest BCUT2D eigenvalue weighted by molar-refractivity contribution is 0.0419. The zero-order valence-corrected chi connectivity index (χ0v) is 23.4. The monoisotopic (exact) mass is 572 g/mol. The van der Waals surface area contributed by atoms with E-state index in [4.69, 9.17) is 4.74 Å². The van der Waals surface area contributed by atoms with Gasteiger partial charge in [-0.2, -0.15) is 0 Å². The van der Waals surface area contributed by atoms with Crippen molar-refractivity contribution in [3.63, 3.8) is 0 Å². The molecule has 13 heteroatoms. The first-order chi connectivity index (χ1) is 20.2. The molecule has 3 heterocycles. The second-order valence-electron chi connectivity index (χ2n) is 10.4. The molecule has 1 aliphatic heterocycles. The molecule has 0 spiro atoms. The number of carbonyl (C=O) groups is 1. The number of nitrogens with zero attached hydrogens (tertiary/aromatic N) is 3. The average Bonchev–Trinajstić information content (AvgIpc) is 3.62. The lowest BCUT2D eigenvalue weighted by Gasteiger charge is -2.18. The van der Waals surface area contributed by atoms with Gasteiger partial charge in [-0.25, -0.2) is 20.1 Å². The van der Waals surface area contributed by atoms with Crippen LogP contribution < -0.4 is 27.7 Å². The fraction of sp³-hybridized carbons (Fsp3) is 0.276. The molecule has 2 aromatic carbocycles. The molecule has 5 rings (SSSR count). The molecule has 0 fully saturated rings. The molecule has 13 nitrogen and oxygen atoms in total. The van der Waals surface area contributed by atoms with Crippen molar-refractivity contribution in [1.29, 1.82) is 0 Å². The normalized spacial score (nSPS) is 12.9. The van der Waals surface area contributed by atoms with Crippen molar-refractivity contribution in [1.82, 2.24) is 36.0 Å². The molecule has 0 saturated heterocycles. The molecule has 6 N–H and O–H groups in total. The number of imidazole rings is 1. The van der Waals surface area contributed by atoms with E-state index in [1.54, 1.807) is 18.4 Å². The first kappa shape index (κ1) is 28.5. The first-order valence-corrected chi connectivity index (χ1v) is 13.5. The minimum Gasteiger partial charge on any atom is -0.456 e. The van der Waals surface area contributed by atoms with Gasteiger partial charge in [-0.3, -0.25) is 15.2 Å². The summed E-state index contributed by atoms with van der Waals surface area (Å²) in [5.74, 6) is 0.553. The Morgan fingerprint density at radius 3 is 2.45 bits per heavy atom. The summed E-state index contributed by atoms with van der Waals surface area (Å²) >= 11 is 0. The SMILES string of the molecule is CCCc1nc(C(C)(C)O)c(C(=O)OCc2c[nH]c(=O)[nH]c2=O)n1Cc1ccc(-c2ccccc2C2=NNNN2)cc1. The van der Waals surface area contributed by atoms with Gasteiger partial charge < -0.3 is 19.4 Å². The smallest absolute Gasteiger partial charge is 0.357 e. The van der Waals surface area contributed by atoms with Gasteiger partial charge in [-0.15, -0.1) is 10.6 Å². The number of aliphatic hydroxyl groups is 1. The van der Waals surface area contributed by atoms with Gasteiger partial charge >= 0.3 is 11.7 Å². The molecular formula is C29H32N8O5. The van der Waals surface area contributed by atoms with Gasteiger partial charge in [0, 0.05) is 24.7 Å². The number of esters is 1. The Labute approximate surface area is 240 Å². The molecule has 218 valence electrons. The van der Waals surface area contributed by atoms with Gasteiger partial charge in [-0.1, -0.05) is 55.5 Å².